The minimum atomic E-state index is 0.225. The van der Waals surface area contributed by atoms with Gasteiger partial charge in [0.15, 0.2) is 11.5 Å². The summed E-state index contributed by atoms with van der Waals surface area (Å²) in [5.41, 5.74) is 7.16. The predicted octanol–water partition coefficient (Wildman–Crippen LogP) is 0.913. The Bertz CT molecular complexity index is 515. The number of imidazole rings is 1. The smallest absolute Gasteiger partial charge is 0.165 e. The van der Waals surface area contributed by atoms with Crippen LogP contribution in [0, 0.1) is 0 Å². The van der Waals surface area contributed by atoms with Crippen LogP contribution in [0.25, 0.3) is 11.2 Å². The van der Waals surface area contributed by atoms with Gasteiger partial charge < -0.3 is 15.4 Å². The van der Waals surface area contributed by atoms with E-state index in [1.165, 1.54) is 6.33 Å². The standard InChI is InChI=1S/C11H17N5OS/c1-8(5-17)18-4-2-3-16-7-15-9-10(12)13-6-14-11(9)16/h6-8,17H,2-5H2,1H3,(H2,12,13,14). The number of hydrogen-bond donors (Lipinski definition) is 2. The Balaban J connectivity index is 1.94. The van der Waals surface area contributed by atoms with E-state index in [1.807, 2.05) is 11.5 Å². The highest BCUT2D eigenvalue weighted by molar-refractivity contribution is 7.99. The van der Waals surface area contributed by atoms with Crippen molar-refractivity contribution < 1.29 is 5.11 Å². The number of thioether (sulfide) groups is 1. The first-order valence-corrected chi connectivity index (χ1v) is 6.91. The molecule has 2 heterocycles. The summed E-state index contributed by atoms with van der Waals surface area (Å²) in [4.78, 5) is 12.3. The first-order chi connectivity index (χ1) is 8.72. The Morgan fingerprint density at radius 3 is 3.06 bits per heavy atom. The van der Waals surface area contributed by atoms with Gasteiger partial charge in [-0.3, -0.25) is 0 Å². The van der Waals surface area contributed by atoms with E-state index < -0.39 is 0 Å². The molecule has 0 aliphatic carbocycles. The fraction of sp³-hybridized carbons (Fsp3) is 0.545. The van der Waals surface area contributed by atoms with Gasteiger partial charge in [0, 0.05) is 11.8 Å². The highest BCUT2D eigenvalue weighted by Crippen LogP contribution is 2.16. The molecule has 0 aliphatic heterocycles. The molecule has 0 amide bonds. The molecule has 0 aromatic carbocycles. The number of rotatable bonds is 6. The first-order valence-electron chi connectivity index (χ1n) is 5.86. The van der Waals surface area contributed by atoms with E-state index in [4.69, 9.17) is 10.8 Å². The number of nitrogen functional groups attached to an aromatic ring is 1. The van der Waals surface area contributed by atoms with Crippen LogP contribution in [-0.2, 0) is 6.54 Å². The molecule has 0 radical (unpaired) electrons. The normalized spacial score (nSPS) is 13.0. The molecule has 3 N–H and O–H groups in total. The maximum absolute atomic E-state index is 8.92. The molecule has 1 unspecified atom stereocenters. The minimum Gasteiger partial charge on any atom is -0.395 e. The number of nitrogens with zero attached hydrogens (tertiary/aromatic N) is 4. The molecule has 0 bridgehead atoms. The van der Waals surface area contributed by atoms with Gasteiger partial charge in [-0.05, 0) is 12.2 Å². The molecule has 0 saturated heterocycles. The molecular weight excluding hydrogens is 250 g/mol. The maximum atomic E-state index is 8.92. The monoisotopic (exact) mass is 267 g/mol. The lowest BCUT2D eigenvalue weighted by molar-refractivity contribution is 0.300. The lowest BCUT2D eigenvalue weighted by atomic mass is 10.4. The molecule has 2 rings (SSSR count). The second-order valence-electron chi connectivity index (χ2n) is 4.09. The molecule has 98 valence electrons. The van der Waals surface area contributed by atoms with Gasteiger partial charge in [-0.25, -0.2) is 15.0 Å². The molecule has 0 spiro atoms. The Morgan fingerprint density at radius 2 is 2.28 bits per heavy atom. The molecule has 0 aliphatic rings. The topological polar surface area (TPSA) is 89.8 Å². The molecule has 1 atom stereocenters. The number of fused-ring (bicyclic) bond motifs is 1. The molecule has 6 nitrogen and oxygen atoms in total. The van der Waals surface area contributed by atoms with E-state index in [0.29, 0.717) is 16.6 Å². The Hall–Kier alpha value is -1.34. The zero-order chi connectivity index (χ0) is 13.0. The summed E-state index contributed by atoms with van der Waals surface area (Å²) in [6, 6.07) is 0. The van der Waals surface area contributed by atoms with Crippen molar-refractivity contribution in [2.75, 3.05) is 18.1 Å². The van der Waals surface area contributed by atoms with Crippen LogP contribution in [0.4, 0.5) is 5.82 Å². The maximum Gasteiger partial charge on any atom is 0.165 e. The van der Waals surface area contributed by atoms with Crippen molar-refractivity contribution >= 4 is 28.7 Å². The molecule has 7 heteroatoms. The van der Waals surface area contributed by atoms with Gasteiger partial charge in [-0.1, -0.05) is 6.92 Å². The Morgan fingerprint density at radius 1 is 1.44 bits per heavy atom. The lowest BCUT2D eigenvalue weighted by Gasteiger charge is -2.07. The molecule has 0 fully saturated rings. The van der Waals surface area contributed by atoms with Crippen LogP contribution < -0.4 is 5.73 Å². The minimum absolute atomic E-state index is 0.225. The van der Waals surface area contributed by atoms with Crippen LogP contribution in [0.15, 0.2) is 12.7 Å². The van der Waals surface area contributed by atoms with Gasteiger partial charge in [0.1, 0.15) is 11.8 Å². The third-order valence-electron chi connectivity index (χ3n) is 2.63. The van der Waals surface area contributed by atoms with Gasteiger partial charge in [0.05, 0.1) is 12.9 Å². The van der Waals surface area contributed by atoms with E-state index in [9.17, 15) is 0 Å². The van der Waals surface area contributed by atoms with E-state index in [2.05, 4.69) is 15.0 Å². The number of hydrogen-bond acceptors (Lipinski definition) is 6. The van der Waals surface area contributed by atoms with E-state index in [-0.39, 0.29) is 6.61 Å². The van der Waals surface area contributed by atoms with Gasteiger partial charge in [-0.15, -0.1) is 0 Å². The third kappa shape index (κ3) is 2.91. The van der Waals surface area contributed by atoms with Crippen LogP contribution >= 0.6 is 11.8 Å². The summed E-state index contributed by atoms with van der Waals surface area (Å²) >= 11 is 1.77. The van der Waals surface area contributed by atoms with Crippen molar-refractivity contribution in [3.05, 3.63) is 12.7 Å². The number of aryl methyl sites for hydroxylation is 1. The van der Waals surface area contributed by atoms with Crippen LogP contribution in [0.2, 0.25) is 0 Å². The number of aliphatic hydroxyl groups excluding tert-OH is 1. The Labute approximate surface area is 110 Å². The summed E-state index contributed by atoms with van der Waals surface area (Å²) in [6.45, 7) is 3.09. The fourth-order valence-electron chi connectivity index (χ4n) is 1.63. The van der Waals surface area contributed by atoms with Crippen molar-refractivity contribution in [2.45, 2.75) is 25.1 Å². The number of nitrogens with two attached hydrogens (primary N) is 1. The molecule has 2 aromatic heterocycles. The van der Waals surface area contributed by atoms with E-state index in [0.717, 1.165) is 24.4 Å². The number of aromatic nitrogens is 4. The highest BCUT2D eigenvalue weighted by atomic mass is 32.2. The van der Waals surface area contributed by atoms with Crippen LogP contribution in [0.5, 0.6) is 0 Å². The van der Waals surface area contributed by atoms with Crippen molar-refractivity contribution in [1.82, 2.24) is 19.5 Å². The average molecular weight is 267 g/mol. The van der Waals surface area contributed by atoms with Gasteiger partial charge >= 0.3 is 0 Å². The van der Waals surface area contributed by atoms with E-state index in [1.54, 1.807) is 18.1 Å². The first kappa shape index (κ1) is 13.1. The van der Waals surface area contributed by atoms with Gasteiger partial charge in [0.25, 0.3) is 0 Å². The lowest BCUT2D eigenvalue weighted by Crippen LogP contribution is -2.05. The van der Waals surface area contributed by atoms with Gasteiger partial charge in [0.2, 0.25) is 0 Å². The summed E-state index contributed by atoms with van der Waals surface area (Å²) in [7, 11) is 0. The summed E-state index contributed by atoms with van der Waals surface area (Å²) in [6.07, 6.45) is 4.21. The molecule has 18 heavy (non-hydrogen) atoms. The van der Waals surface area contributed by atoms with Crippen molar-refractivity contribution in [2.24, 2.45) is 0 Å². The largest absolute Gasteiger partial charge is 0.395 e. The number of anilines is 1. The third-order valence-corrected chi connectivity index (χ3v) is 3.87. The average Bonchev–Trinajstić information content (AvgIpc) is 2.79. The number of aliphatic hydroxyl groups is 1. The van der Waals surface area contributed by atoms with E-state index >= 15 is 0 Å². The summed E-state index contributed by atoms with van der Waals surface area (Å²) in [5.74, 6) is 1.42. The van der Waals surface area contributed by atoms with Crippen molar-refractivity contribution in [1.29, 1.82) is 0 Å². The zero-order valence-electron chi connectivity index (χ0n) is 10.3. The van der Waals surface area contributed by atoms with Crippen molar-refractivity contribution in [3.63, 3.8) is 0 Å². The highest BCUT2D eigenvalue weighted by Gasteiger charge is 2.07. The second-order valence-corrected chi connectivity index (χ2v) is 5.63. The summed E-state index contributed by atoms with van der Waals surface area (Å²) < 4.78 is 1.98. The molecule has 0 saturated carbocycles. The van der Waals surface area contributed by atoms with Gasteiger partial charge in [-0.2, -0.15) is 11.8 Å². The molecular formula is C11H17N5OS. The van der Waals surface area contributed by atoms with Crippen LogP contribution in [-0.4, -0.2) is 42.2 Å². The molecule has 2 aromatic rings. The quantitative estimate of drug-likeness (QED) is 0.756. The zero-order valence-corrected chi connectivity index (χ0v) is 11.1. The van der Waals surface area contributed by atoms with Crippen LogP contribution in [0.1, 0.15) is 13.3 Å². The fourth-order valence-corrected chi connectivity index (χ4v) is 2.44. The summed E-state index contributed by atoms with van der Waals surface area (Å²) in [5, 5.41) is 9.22. The Kier molecular flexibility index (Phi) is 4.38. The van der Waals surface area contributed by atoms with Crippen molar-refractivity contribution in [3.8, 4) is 0 Å². The second kappa shape index (κ2) is 6.01. The van der Waals surface area contributed by atoms with Crippen LogP contribution in [0.3, 0.4) is 0 Å². The predicted molar refractivity (Wildman–Crippen MR) is 73.4 cm³/mol. The SMILES string of the molecule is CC(CO)SCCCn1cnc2c(N)ncnc21.